The van der Waals surface area contributed by atoms with Gasteiger partial charge in [0.1, 0.15) is 5.76 Å². The van der Waals surface area contributed by atoms with E-state index < -0.39 is 0 Å². The number of fused-ring (bicyclic) bond motifs is 1. The summed E-state index contributed by atoms with van der Waals surface area (Å²) in [5.41, 5.74) is 2.04. The van der Waals surface area contributed by atoms with Gasteiger partial charge in [-0.25, -0.2) is 4.79 Å². The number of methoxy groups -OCH3 is 1. The molecule has 0 saturated heterocycles. The van der Waals surface area contributed by atoms with E-state index in [0.29, 0.717) is 24.0 Å². The Kier molecular flexibility index (Phi) is 6.49. The van der Waals surface area contributed by atoms with Crippen molar-refractivity contribution in [2.24, 2.45) is 5.92 Å². The molecule has 2 N–H and O–H groups in total. The fraction of sp³-hybridized carbons (Fsp3) is 0.500. The maximum Gasteiger partial charge on any atom is 0.315 e. The first-order valence-corrected chi connectivity index (χ1v) is 9.92. The number of nitrogens with one attached hydrogen (secondary N) is 2. The fourth-order valence-corrected chi connectivity index (χ4v) is 3.45. The quantitative estimate of drug-likeness (QED) is 0.719. The molecule has 152 valence electrons. The Balaban J connectivity index is 1.61. The van der Waals surface area contributed by atoms with Gasteiger partial charge in [-0.2, -0.15) is 0 Å². The second kappa shape index (κ2) is 9.04. The second-order valence-corrected chi connectivity index (χ2v) is 7.70. The first kappa shape index (κ1) is 20.1. The van der Waals surface area contributed by atoms with Gasteiger partial charge in [-0.3, -0.25) is 0 Å². The minimum absolute atomic E-state index is 0.00366. The zero-order valence-electron chi connectivity index (χ0n) is 17.1. The van der Waals surface area contributed by atoms with Gasteiger partial charge in [0.05, 0.1) is 32.1 Å². The SMILES string of the molecule is COc1cc(C(C)NC(=O)NC2CCCc3occc32)ccc1OCC(C)C. The van der Waals surface area contributed by atoms with E-state index in [4.69, 9.17) is 13.9 Å². The zero-order valence-corrected chi connectivity index (χ0v) is 17.1. The van der Waals surface area contributed by atoms with Crippen LogP contribution in [-0.4, -0.2) is 19.7 Å². The summed E-state index contributed by atoms with van der Waals surface area (Å²) in [6.45, 7) is 6.78. The summed E-state index contributed by atoms with van der Waals surface area (Å²) in [6, 6.07) is 7.35. The number of hydrogen-bond donors (Lipinski definition) is 2. The standard InChI is InChI=1S/C22H30N2O4/c1-14(2)13-28-20-9-8-16(12-21(20)26-4)15(3)23-22(25)24-18-6-5-7-19-17(18)10-11-27-19/h8-12,14-15,18H,5-7,13H2,1-4H3,(H2,23,24,25). The van der Waals surface area contributed by atoms with Crippen molar-refractivity contribution >= 4 is 6.03 Å². The molecule has 1 aliphatic carbocycles. The largest absolute Gasteiger partial charge is 0.493 e. The van der Waals surface area contributed by atoms with E-state index in [0.717, 1.165) is 36.1 Å². The molecular weight excluding hydrogens is 356 g/mol. The number of aryl methyl sites for hydroxylation is 1. The minimum Gasteiger partial charge on any atom is -0.493 e. The second-order valence-electron chi connectivity index (χ2n) is 7.70. The normalized spacial score (nSPS) is 17.0. The van der Waals surface area contributed by atoms with Gasteiger partial charge in [0.2, 0.25) is 0 Å². The maximum absolute atomic E-state index is 12.5. The lowest BCUT2D eigenvalue weighted by atomic mass is 9.93. The molecule has 0 fully saturated rings. The average Bonchev–Trinajstić information content (AvgIpc) is 3.16. The van der Waals surface area contributed by atoms with Crippen LogP contribution in [0.5, 0.6) is 11.5 Å². The Morgan fingerprint density at radius 3 is 2.82 bits per heavy atom. The molecule has 0 saturated carbocycles. The van der Waals surface area contributed by atoms with Gasteiger partial charge < -0.3 is 24.5 Å². The molecule has 2 amide bonds. The van der Waals surface area contributed by atoms with Crippen molar-refractivity contribution in [2.45, 2.75) is 52.1 Å². The van der Waals surface area contributed by atoms with Crippen LogP contribution in [0.2, 0.25) is 0 Å². The lowest BCUT2D eigenvalue weighted by Gasteiger charge is -2.24. The predicted octanol–water partition coefficient (Wildman–Crippen LogP) is 4.76. The molecule has 0 radical (unpaired) electrons. The number of hydrogen-bond acceptors (Lipinski definition) is 4. The number of urea groups is 1. The van der Waals surface area contributed by atoms with Crippen molar-refractivity contribution < 1.29 is 18.7 Å². The summed E-state index contributed by atoms with van der Waals surface area (Å²) in [5, 5.41) is 6.08. The van der Waals surface area contributed by atoms with Crippen molar-refractivity contribution in [1.29, 1.82) is 0 Å². The molecule has 1 aliphatic rings. The Bertz CT molecular complexity index is 800. The van der Waals surface area contributed by atoms with E-state index in [1.807, 2.05) is 31.2 Å². The van der Waals surface area contributed by atoms with E-state index in [1.165, 1.54) is 0 Å². The molecule has 0 spiro atoms. The van der Waals surface area contributed by atoms with Gasteiger partial charge >= 0.3 is 6.03 Å². The molecule has 2 unspecified atom stereocenters. The fourth-order valence-electron chi connectivity index (χ4n) is 3.45. The smallest absolute Gasteiger partial charge is 0.315 e. The third-order valence-electron chi connectivity index (χ3n) is 4.96. The van der Waals surface area contributed by atoms with Crippen molar-refractivity contribution in [1.82, 2.24) is 10.6 Å². The zero-order chi connectivity index (χ0) is 20.1. The van der Waals surface area contributed by atoms with Gasteiger partial charge in [0, 0.05) is 12.0 Å². The third kappa shape index (κ3) is 4.80. The van der Waals surface area contributed by atoms with Crippen LogP contribution in [0, 0.1) is 5.92 Å². The van der Waals surface area contributed by atoms with E-state index in [1.54, 1.807) is 13.4 Å². The topological polar surface area (TPSA) is 72.7 Å². The highest BCUT2D eigenvalue weighted by atomic mass is 16.5. The van der Waals surface area contributed by atoms with Crippen LogP contribution in [0.15, 0.2) is 34.9 Å². The summed E-state index contributed by atoms with van der Waals surface area (Å²) in [6.07, 6.45) is 4.56. The van der Waals surface area contributed by atoms with E-state index >= 15 is 0 Å². The number of carbonyl (C=O) groups excluding carboxylic acids is 1. The Morgan fingerprint density at radius 2 is 2.07 bits per heavy atom. The van der Waals surface area contributed by atoms with Crippen LogP contribution in [0.4, 0.5) is 4.79 Å². The molecule has 6 nitrogen and oxygen atoms in total. The molecule has 1 aromatic heterocycles. The lowest BCUT2D eigenvalue weighted by molar-refractivity contribution is 0.232. The highest BCUT2D eigenvalue weighted by Crippen LogP contribution is 2.32. The Labute approximate surface area is 166 Å². The first-order valence-electron chi connectivity index (χ1n) is 9.92. The van der Waals surface area contributed by atoms with E-state index in [2.05, 4.69) is 24.5 Å². The van der Waals surface area contributed by atoms with Gasteiger partial charge in [-0.05, 0) is 49.4 Å². The van der Waals surface area contributed by atoms with Gasteiger partial charge in [0.25, 0.3) is 0 Å². The number of benzene rings is 1. The molecule has 1 aromatic carbocycles. The molecule has 2 aromatic rings. The molecule has 3 rings (SSSR count). The monoisotopic (exact) mass is 386 g/mol. The van der Waals surface area contributed by atoms with Crippen LogP contribution in [-0.2, 0) is 6.42 Å². The average molecular weight is 386 g/mol. The predicted molar refractivity (Wildman–Crippen MR) is 108 cm³/mol. The molecule has 6 heteroatoms. The minimum atomic E-state index is -0.189. The lowest BCUT2D eigenvalue weighted by Crippen LogP contribution is -2.40. The summed E-state index contributed by atoms with van der Waals surface area (Å²) < 4.78 is 16.8. The van der Waals surface area contributed by atoms with Crippen LogP contribution in [0.25, 0.3) is 0 Å². The number of rotatable bonds is 7. The number of ether oxygens (including phenoxy) is 2. The number of carbonyl (C=O) groups is 1. The molecule has 2 atom stereocenters. The molecular formula is C22H30N2O4. The number of furan rings is 1. The van der Waals surface area contributed by atoms with Crippen molar-refractivity contribution in [3.8, 4) is 11.5 Å². The Hall–Kier alpha value is -2.63. The van der Waals surface area contributed by atoms with E-state index in [-0.39, 0.29) is 18.1 Å². The van der Waals surface area contributed by atoms with Gasteiger partial charge in [-0.1, -0.05) is 19.9 Å². The van der Waals surface area contributed by atoms with Crippen LogP contribution >= 0.6 is 0 Å². The van der Waals surface area contributed by atoms with E-state index in [9.17, 15) is 4.79 Å². The van der Waals surface area contributed by atoms with Crippen LogP contribution in [0.3, 0.4) is 0 Å². The summed E-state index contributed by atoms with van der Waals surface area (Å²) in [4.78, 5) is 12.5. The van der Waals surface area contributed by atoms with Gasteiger partial charge in [0.15, 0.2) is 11.5 Å². The van der Waals surface area contributed by atoms with Crippen molar-refractivity contribution in [3.63, 3.8) is 0 Å². The van der Waals surface area contributed by atoms with Gasteiger partial charge in [-0.15, -0.1) is 0 Å². The first-order chi connectivity index (χ1) is 13.5. The highest BCUT2D eigenvalue weighted by Gasteiger charge is 2.24. The number of amides is 2. The summed E-state index contributed by atoms with van der Waals surface area (Å²) in [5.74, 6) is 2.80. The Morgan fingerprint density at radius 1 is 1.25 bits per heavy atom. The van der Waals surface area contributed by atoms with Crippen molar-refractivity contribution in [3.05, 3.63) is 47.4 Å². The van der Waals surface area contributed by atoms with Crippen LogP contribution in [0.1, 0.15) is 62.6 Å². The molecule has 1 heterocycles. The highest BCUT2D eigenvalue weighted by molar-refractivity contribution is 5.75. The molecule has 0 bridgehead atoms. The molecule has 0 aliphatic heterocycles. The third-order valence-corrected chi connectivity index (χ3v) is 4.96. The van der Waals surface area contributed by atoms with Crippen molar-refractivity contribution in [2.75, 3.05) is 13.7 Å². The maximum atomic E-state index is 12.5. The summed E-state index contributed by atoms with van der Waals surface area (Å²) in [7, 11) is 1.62. The van der Waals surface area contributed by atoms with Crippen LogP contribution < -0.4 is 20.1 Å². The summed E-state index contributed by atoms with van der Waals surface area (Å²) >= 11 is 0. The molecule has 28 heavy (non-hydrogen) atoms.